The molecule has 2 rings (SSSR count). The number of halogens is 2. The smallest absolute Gasteiger partial charge is 0.160 e. The first kappa shape index (κ1) is 14.8. The minimum Gasteiger partial charge on any atom is -0.294 e. The zero-order valence-corrected chi connectivity index (χ0v) is 12.5. The molecule has 0 amide bonds. The molecule has 0 heterocycles. The normalized spacial score (nSPS) is 10.4. The van der Waals surface area contributed by atoms with E-state index in [1.807, 2.05) is 0 Å². The Morgan fingerprint density at radius 2 is 1.10 bits per heavy atom. The van der Waals surface area contributed by atoms with Gasteiger partial charge >= 0.3 is 0 Å². The van der Waals surface area contributed by atoms with Crippen LogP contribution < -0.4 is 0 Å². The molecule has 102 valence electrons. The molecule has 0 radical (unpaired) electrons. The quantitative estimate of drug-likeness (QED) is 0.742. The van der Waals surface area contributed by atoms with Gasteiger partial charge in [0, 0.05) is 21.2 Å². The summed E-state index contributed by atoms with van der Waals surface area (Å²) in [5.41, 5.74) is 2.27. The van der Waals surface area contributed by atoms with Crippen molar-refractivity contribution in [2.75, 3.05) is 0 Å². The highest BCUT2D eigenvalue weighted by Crippen LogP contribution is 2.32. The summed E-state index contributed by atoms with van der Waals surface area (Å²) in [7, 11) is 0. The summed E-state index contributed by atoms with van der Waals surface area (Å²) in [5.74, 6) is -0.183. The molecule has 2 nitrogen and oxygen atoms in total. The summed E-state index contributed by atoms with van der Waals surface area (Å²) < 4.78 is 0. The number of rotatable bonds is 3. The Kier molecular flexibility index (Phi) is 4.26. The van der Waals surface area contributed by atoms with Gasteiger partial charge < -0.3 is 0 Å². The predicted octanol–water partition coefficient (Wildman–Crippen LogP) is 5.07. The van der Waals surface area contributed by atoms with Gasteiger partial charge in [0.25, 0.3) is 0 Å². The summed E-state index contributed by atoms with van der Waals surface area (Å²) in [5, 5.41) is 0.999. The maximum Gasteiger partial charge on any atom is 0.160 e. The molecule has 0 aliphatic rings. The summed E-state index contributed by atoms with van der Waals surface area (Å²) in [6.07, 6.45) is 0. The lowest BCUT2D eigenvalue weighted by molar-refractivity contribution is 0.100. The molecule has 0 bridgehead atoms. The first-order valence-corrected chi connectivity index (χ1v) is 6.77. The molecule has 0 atom stereocenters. The zero-order valence-electron chi connectivity index (χ0n) is 11.0. The van der Waals surface area contributed by atoms with Crippen molar-refractivity contribution in [1.29, 1.82) is 0 Å². The van der Waals surface area contributed by atoms with Crippen molar-refractivity contribution in [3.8, 4) is 11.1 Å². The Bertz CT molecular complexity index is 644. The van der Waals surface area contributed by atoms with Crippen LogP contribution in [0.25, 0.3) is 11.1 Å². The molecule has 0 aliphatic carbocycles. The lowest BCUT2D eigenvalue weighted by atomic mass is 9.92. The molecule has 4 heteroatoms. The highest BCUT2D eigenvalue weighted by atomic mass is 35.5. The van der Waals surface area contributed by atoms with Gasteiger partial charge in [-0.3, -0.25) is 9.59 Å². The van der Waals surface area contributed by atoms with E-state index in [2.05, 4.69) is 0 Å². The minimum absolute atomic E-state index is 0.0915. The number of benzene rings is 2. The molecular weight excluding hydrogens is 295 g/mol. The summed E-state index contributed by atoms with van der Waals surface area (Å²) >= 11 is 12.0. The highest BCUT2D eigenvalue weighted by molar-refractivity contribution is 6.32. The second kappa shape index (κ2) is 5.78. The third-order valence-electron chi connectivity index (χ3n) is 3.01. The lowest BCUT2D eigenvalue weighted by Crippen LogP contribution is -2.01. The number of hydrogen-bond acceptors (Lipinski definition) is 2. The van der Waals surface area contributed by atoms with E-state index < -0.39 is 0 Å². The van der Waals surface area contributed by atoms with Crippen molar-refractivity contribution in [2.45, 2.75) is 13.8 Å². The Labute approximate surface area is 127 Å². The monoisotopic (exact) mass is 306 g/mol. The van der Waals surface area contributed by atoms with Crippen molar-refractivity contribution in [2.24, 2.45) is 0 Å². The molecule has 0 fully saturated rings. The van der Waals surface area contributed by atoms with Crippen LogP contribution in [0.15, 0.2) is 36.4 Å². The van der Waals surface area contributed by atoms with Gasteiger partial charge in [0.2, 0.25) is 0 Å². The number of carbonyl (C=O) groups excluding carboxylic acids is 2. The molecule has 0 saturated heterocycles. The molecule has 0 saturated carbocycles. The fourth-order valence-electron chi connectivity index (χ4n) is 2.09. The number of hydrogen-bond donors (Lipinski definition) is 0. The first-order valence-electron chi connectivity index (χ1n) is 6.01. The largest absolute Gasteiger partial charge is 0.294 e. The second-order valence-corrected chi connectivity index (χ2v) is 5.37. The third kappa shape index (κ3) is 2.92. The molecule has 2 aromatic carbocycles. The van der Waals surface area contributed by atoms with Crippen LogP contribution in [0.3, 0.4) is 0 Å². The van der Waals surface area contributed by atoms with E-state index in [0.717, 1.165) is 0 Å². The van der Waals surface area contributed by atoms with Crippen molar-refractivity contribution in [1.82, 2.24) is 0 Å². The maximum atomic E-state index is 11.8. The molecule has 0 N–H and O–H groups in total. The van der Waals surface area contributed by atoms with E-state index >= 15 is 0 Å². The van der Waals surface area contributed by atoms with Crippen molar-refractivity contribution >= 4 is 34.8 Å². The fourth-order valence-corrected chi connectivity index (χ4v) is 2.44. The van der Waals surface area contributed by atoms with Crippen molar-refractivity contribution in [3.63, 3.8) is 0 Å². The van der Waals surface area contributed by atoms with Crippen LogP contribution >= 0.6 is 23.2 Å². The first-order chi connectivity index (χ1) is 9.40. The van der Waals surface area contributed by atoms with Crippen LogP contribution in [-0.4, -0.2) is 11.6 Å². The van der Waals surface area contributed by atoms with Gasteiger partial charge in [-0.15, -0.1) is 0 Å². The highest BCUT2D eigenvalue weighted by Gasteiger charge is 2.15. The van der Waals surface area contributed by atoms with E-state index in [1.165, 1.54) is 13.8 Å². The Morgan fingerprint density at radius 1 is 0.750 bits per heavy atom. The van der Waals surface area contributed by atoms with Crippen molar-refractivity contribution in [3.05, 3.63) is 57.6 Å². The Morgan fingerprint density at radius 3 is 1.40 bits per heavy atom. The van der Waals surface area contributed by atoms with Crippen LogP contribution in [-0.2, 0) is 0 Å². The topological polar surface area (TPSA) is 34.1 Å². The van der Waals surface area contributed by atoms with E-state index in [9.17, 15) is 9.59 Å². The molecule has 0 spiro atoms. The molecule has 2 aromatic rings. The number of ketones is 2. The summed E-state index contributed by atoms with van der Waals surface area (Å²) in [6.45, 7) is 2.95. The van der Waals surface area contributed by atoms with Gasteiger partial charge in [-0.2, -0.15) is 0 Å². The van der Waals surface area contributed by atoms with Gasteiger partial charge in [0.15, 0.2) is 11.6 Å². The van der Waals surface area contributed by atoms with E-state index in [1.54, 1.807) is 36.4 Å². The van der Waals surface area contributed by atoms with Gasteiger partial charge in [-0.25, -0.2) is 0 Å². The molecular formula is C16H12Cl2O2. The van der Waals surface area contributed by atoms with Gasteiger partial charge in [-0.1, -0.05) is 23.2 Å². The molecule has 20 heavy (non-hydrogen) atoms. The van der Waals surface area contributed by atoms with Crippen molar-refractivity contribution < 1.29 is 9.59 Å². The lowest BCUT2D eigenvalue weighted by Gasteiger charge is -2.12. The molecule has 0 aliphatic heterocycles. The Hall–Kier alpha value is -1.64. The van der Waals surface area contributed by atoms with Crippen LogP contribution in [0.4, 0.5) is 0 Å². The fraction of sp³-hybridized carbons (Fsp3) is 0.125. The average Bonchev–Trinajstić information content (AvgIpc) is 2.37. The standard InChI is InChI=1S/C16H12Cl2O2/c1-9(19)13-5-3-11(17)7-15(13)16-8-12(18)4-6-14(16)10(2)20/h3-8H,1-2H3. The summed E-state index contributed by atoms with van der Waals surface area (Å²) in [4.78, 5) is 23.5. The molecule has 0 unspecified atom stereocenters. The van der Waals surface area contributed by atoms with Crippen LogP contribution in [0.1, 0.15) is 34.6 Å². The Balaban J connectivity index is 2.79. The summed E-state index contributed by atoms with van der Waals surface area (Å²) in [6, 6.07) is 9.97. The third-order valence-corrected chi connectivity index (χ3v) is 3.48. The SMILES string of the molecule is CC(=O)c1ccc(Cl)cc1-c1cc(Cl)ccc1C(C)=O. The number of carbonyl (C=O) groups is 2. The zero-order chi connectivity index (χ0) is 14.9. The van der Waals surface area contributed by atoms with Gasteiger partial charge in [0.1, 0.15) is 0 Å². The van der Waals surface area contributed by atoms with E-state index in [0.29, 0.717) is 32.3 Å². The van der Waals surface area contributed by atoms with Crippen LogP contribution in [0, 0.1) is 0 Å². The maximum absolute atomic E-state index is 11.8. The minimum atomic E-state index is -0.0915. The van der Waals surface area contributed by atoms with Crippen LogP contribution in [0.2, 0.25) is 10.0 Å². The van der Waals surface area contributed by atoms with Crippen LogP contribution in [0.5, 0.6) is 0 Å². The predicted molar refractivity (Wildman–Crippen MR) is 81.9 cm³/mol. The average molecular weight is 307 g/mol. The van der Waals surface area contributed by atoms with Gasteiger partial charge in [0.05, 0.1) is 0 Å². The molecule has 0 aromatic heterocycles. The van der Waals surface area contributed by atoms with E-state index in [4.69, 9.17) is 23.2 Å². The second-order valence-electron chi connectivity index (χ2n) is 4.49. The van der Waals surface area contributed by atoms with Gasteiger partial charge in [-0.05, 0) is 61.4 Å². The van der Waals surface area contributed by atoms with E-state index in [-0.39, 0.29) is 11.6 Å². The number of Topliss-reactive ketones (excluding diaryl/α,β-unsaturated/α-hetero) is 2.